The largest absolute Gasteiger partial charge is 0.378 e. The van der Waals surface area contributed by atoms with Crippen LogP contribution in [-0.4, -0.2) is 22.7 Å². The molecule has 1 aromatic heterocycles. The van der Waals surface area contributed by atoms with Crippen LogP contribution in [0.5, 0.6) is 0 Å². The Morgan fingerprint density at radius 3 is 2.94 bits per heavy atom. The van der Waals surface area contributed by atoms with Crippen LogP contribution < -0.4 is 5.73 Å². The number of hydrogen-bond acceptors (Lipinski definition) is 4. The van der Waals surface area contributed by atoms with E-state index in [0.717, 1.165) is 31.6 Å². The molecule has 1 saturated carbocycles. The maximum absolute atomic E-state index is 6.08. The normalized spacial score (nSPS) is 26.1. The highest BCUT2D eigenvalue weighted by atomic mass is 16.5. The highest BCUT2D eigenvalue weighted by Gasteiger charge is 2.31. The molecule has 0 aromatic carbocycles. The second-order valence-electron chi connectivity index (χ2n) is 4.39. The van der Waals surface area contributed by atoms with Gasteiger partial charge in [-0.15, -0.1) is 0 Å². The van der Waals surface area contributed by atoms with Crippen molar-refractivity contribution in [1.29, 1.82) is 0 Å². The molecule has 4 nitrogen and oxygen atoms in total. The quantitative estimate of drug-likeness (QED) is 0.821. The van der Waals surface area contributed by atoms with Crippen LogP contribution in [0.1, 0.15) is 37.9 Å². The molecule has 2 N–H and O–H groups in total. The van der Waals surface area contributed by atoms with Crippen molar-refractivity contribution in [3.05, 3.63) is 24.3 Å². The Kier molecular flexibility index (Phi) is 3.85. The summed E-state index contributed by atoms with van der Waals surface area (Å²) in [5, 5.41) is 0. The lowest BCUT2D eigenvalue weighted by Crippen LogP contribution is -2.33. The van der Waals surface area contributed by atoms with Crippen LogP contribution in [0.15, 0.2) is 18.6 Å². The number of nitrogens with two attached hydrogens (primary N) is 1. The third kappa shape index (κ3) is 2.77. The molecule has 0 radical (unpaired) electrons. The molecular formula is C12H19N3O. The molecule has 1 fully saturated rings. The Balaban J connectivity index is 1.75. The first-order valence-corrected chi connectivity index (χ1v) is 5.92. The summed E-state index contributed by atoms with van der Waals surface area (Å²) in [6, 6.07) is 0.0151. The minimum atomic E-state index is 0.0151. The van der Waals surface area contributed by atoms with Crippen molar-refractivity contribution >= 4 is 0 Å². The van der Waals surface area contributed by atoms with Gasteiger partial charge in [-0.1, -0.05) is 0 Å². The van der Waals surface area contributed by atoms with Crippen molar-refractivity contribution in [2.75, 3.05) is 6.61 Å². The molecule has 0 amide bonds. The van der Waals surface area contributed by atoms with Gasteiger partial charge in [-0.2, -0.15) is 0 Å². The molecule has 1 unspecified atom stereocenters. The molecular weight excluding hydrogens is 202 g/mol. The Labute approximate surface area is 96.2 Å². The van der Waals surface area contributed by atoms with E-state index in [-0.39, 0.29) is 6.04 Å². The monoisotopic (exact) mass is 221 g/mol. The van der Waals surface area contributed by atoms with Crippen LogP contribution in [-0.2, 0) is 4.74 Å². The number of nitrogens with zero attached hydrogens (tertiary/aromatic N) is 2. The van der Waals surface area contributed by atoms with Crippen LogP contribution in [0, 0.1) is 5.92 Å². The number of rotatable bonds is 5. The van der Waals surface area contributed by atoms with Gasteiger partial charge in [0.05, 0.1) is 11.8 Å². The van der Waals surface area contributed by atoms with Gasteiger partial charge in [-0.3, -0.25) is 9.97 Å². The molecule has 0 bridgehead atoms. The zero-order chi connectivity index (χ0) is 11.4. The van der Waals surface area contributed by atoms with E-state index in [1.54, 1.807) is 18.6 Å². The lowest BCUT2D eigenvalue weighted by atomic mass is 9.78. The summed E-state index contributed by atoms with van der Waals surface area (Å²) in [6.07, 6.45) is 8.85. The summed E-state index contributed by atoms with van der Waals surface area (Å²) < 4.78 is 5.53. The third-order valence-electron chi connectivity index (χ3n) is 3.15. The molecule has 0 saturated heterocycles. The summed E-state index contributed by atoms with van der Waals surface area (Å²) >= 11 is 0. The van der Waals surface area contributed by atoms with Crippen LogP contribution in [0.3, 0.4) is 0 Å². The molecule has 1 aliphatic rings. The van der Waals surface area contributed by atoms with E-state index in [2.05, 4.69) is 9.97 Å². The first-order chi connectivity index (χ1) is 7.79. The molecule has 1 atom stereocenters. The highest BCUT2D eigenvalue weighted by Crippen LogP contribution is 2.35. The second-order valence-corrected chi connectivity index (χ2v) is 4.39. The fourth-order valence-electron chi connectivity index (χ4n) is 2.22. The van der Waals surface area contributed by atoms with Crippen molar-refractivity contribution in [2.24, 2.45) is 11.7 Å². The molecule has 16 heavy (non-hydrogen) atoms. The summed E-state index contributed by atoms with van der Waals surface area (Å²) in [7, 11) is 0. The SMILES string of the molecule is CCOC1CC(CC(N)c2cnccn2)C1. The fraction of sp³-hybridized carbons (Fsp3) is 0.667. The maximum Gasteiger partial charge on any atom is 0.0753 e. The van der Waals surface area contributed by atoms with Gasteiger partial charge in [0.1, 0.15) is 0 Å². The molecule has 1 aromatic rings. The average Bonchev–Trinajstić information content (AvgIpc) is 2.27. The van der Waals surface area contributed by atoms with Gasteiger partial charge in [-0.25, -0.2) is 0 Å². The summed E-state index contributed by atoms with van der Waals surface area (Å²) in [5.74, 6) is 0.688. The zero-order valence-electron chi connectivity index (χ0n) is 9.67. The van der Waals surface area contributed by atoms with Gasteiger partial charge in [-0.05, 0) is 32.1 Å². The molecule has 2 rings (SSSR count). The van der Waals surface area contributed by atoms with Crippen molar-refractivity contribution in [3.63, 3.8) is 0 Å². The Bertz CT molecular complexity index is 311. The van der Waals surface area contributed by atoms with E-state index < -0.39 is 0 Å². The maximum atomic E-state index is 6.08. The van der Waals surface area contributed by atoms with Gasteiger partial charge in [0.25, 0.3) is 0 Å². The second kappa shape index (κ2) is 5.37. The number of ether oxygens (including phenoxy) is 1. The van der Waals surface area contributed by atoms with E-state index in [1.165, 1.54) is 0 Å². The fourth-order valence-corrected chi connectivity index (χ4v) is 2.22. The van der Waals surface area contributed by atoms with E-state index in [9.17, 15) is 0 Å². The minimum Gasteiger partial charge on any atom is -0.378 e. The summed E-state index contributed by atoms with van der Waals surface area (Å²) in [4.78, 5) is 8.26. The molecule has 4 heteroatoms. The Morgan fingerprint density at radius 2 is 2.31 bits per heavy atom. The van der Waals surface area contributed by atoms with Crippen LogP contribution in [0.4, 0.5) is 0 Å². The predicted octanol–water partition coefficient (Wildman–Crippen LogP) is 1.68. The molecule has 1 aliphatic carbocycles. The standard InChI is InChI=1S/C12H19N3O/c1-2-16-10-5-9(6-10)7-11(13)12-8-14-3-4-15-12/h3-4,8-11H,2,5-7,13H2,1H3. The predicted molar refractivity (Wildman–Crippen MR) is 61.7 cm³/mol. The first kappa shape index (κ1) is 11.5. The third-order valence-corrected chi connectivity index (χ3v) is 3.15. The summed E-state index contributed by atoms with van der Waals surface area (Å²) in [5.41, 5.74) is 6.97. The zero-order valence-corrected chi connectivity index (χ0v) is 9.67. The van der Waals surface area contributed by atoms with Gasteiger partial charge in [0, 0.05) is 31.2 Å². The molecule has 1 heterocycles. The molecule has 88 valence electrons. The molecule has 0 aliphatic heterocycles. The Hall–Kier alpha value is -1.00. The van der Waals surface area contributed by atoms with E-state index in [1.807, 2.05) is 6.92 Å². The summed E-state index contributed by atoms with van der Waals surface area (Å²) in [6.45, 7) is 2.85. The van der Waals surface area contributed by atoms with Crippen LogP contribution >= 0.6 is 0 Å². The van der Waals surface area contributed by atoms with Crippen molar-refractivity contribution in [2.45, 2.75) is 38.3 Å². The van der Waals surface area contributed by atoms with E-state index in [0.29, 0.717) is 12.0 Å². The van der Waals surface area contributed by atoms with Gasteiger partial charge < -0.3 is 10.5 Å². The molecule has 0 spiro atoms. The van der Waals surface area contributed by atoms with E-state index in [4.69, 9.17) is 10.5 Å². The lowest BCUT2D eigenvalue weighted by Gasteiger charge is -2.36. The van der Waals surface area contributed by atoms with Gasteiger partial charge >= 0.3 is 0 Å². The topological polar surface area (TPSA) is 61.0 Å². The number of hydrogen-bond donors (Lipinski definition) is 1. The van der Waals surface area contributed by atoms with Crippen molar-refractivity contribution in [1.82, 2.24) is 9.97 Å². The van der Waals surface area contributed by atoms with Crippen molar-refractivity contribution < 1.29 is 4.74 Å². The average molecular weight is 221 g/mol. The Morgan fingerprint density at radius 1 is 1.50 bits per heavy atom. The minimum absolute atomic E-state index is 0.0151. The first-order valence-electron chi connectivity index (χ1n) is 5.92. The van der Waals surface area contributed by atoms with Crippen LogP contribution in [0.2, 0.25) is 0 Å². The lowest BCUT2D eigenvalue weighted by molar-refractivity contribution is -0.0282. The number of aromatic nitrogens is 2. The van der Waals surface area contributed by atoms with E-state index >= 15 is 0 Å². The van der Waals surface area contributed by atoms with Gasteiger partial charge in [0.15, 0.2) is 0 Å². The smallest absolute Gasteiger partial charge is 0.0753 e. The highest BCUT2D eigenvalue weighted by molar-refractivity contribution is 5.02. The van der Waals surface area contributed by atoms with Crippen molar-refractivity contribution in [3.8, 4) is 0 Å². The van der Waals surface area contributed by atoms with Crippen LogP contribution in [0.25, 0.3) is 0 Å². The van der Waals surface area contributed by atoms with Gasteiger partial charge in [0.2, 0.25) is 0 Å².